The van der Waals surface area contributed by atoms with E-state index in [9.17, 15) is 9.59 Å². The molecule has 21 heavy (non-hydrogen) atoms. The molecule has 0 spiro atoms. The number of hydrogen-bond donors (Lipinski definition) is 0. The standard InChI is InChI=1S/C14H16N4O3/c1-2-18-11-8-10(12(19)4-3-7-16-17-15)5-6-13(11)21-9-14(18)20/h5-6,8H,2-4,7,9H2,1H3. The summed E-state index contributed by atoms with van der Waals surface area (Å²) in [6, 6.07) is 5.09. The van der Waals surface area contributed by atoms with Crippen molar-refractivity contribution in [2.24, 2.45) is 5.11 Å². The van der Waals surface area contributed by atoms with Gasteiger partial charge in [-0.3, -0.25) is 9.59 Å². The van der Waals surface area contributed by atoms with Crippen molar-refractivity contribution in [3.63, 3.8) is 0 Å². The Kier molecular flexibility index (Phi) is 4.79. The highest BCUT2D eigenvalue weighted by Crippen LogP contribution is 2.33. The first kappa shape index (κ1) is 14.9. The highest BCUT2D eigenvalue weighted by atomic mass is 16.5. The molecule has 1 aliphatic rings. The number of likely N-dealkylation sites (N-methyl/N-ethyl adjacent to an activating group) is 1. The van der Waals surface area contributed by atoms with Crippen molar-refractivity contribution in [2.45, 2.75) is 19.8 Å². The Morgan fingerprint density at radius 3 is 3.05 bits per heavy atom. The number of hydrogen-bond acceptors (Lipinski definition) is 4. The number of azide groups is 1. The number of nitrogens with zero attached hydrogens (tertiary/aromatic N) is 4. The Morgan fingerprint density at radius 1 is 1.52 bits per heavy atom. The molecule has 0 saturated heterocycles. The van der Waals surface area contributed by atoms with E-state index in [0.717, 1.165) is 0 Å². The van der Waals surface area contributed by atoms with Gasteiger partial charge in [0.2, 0.25) is 0 Å². The van der Waals surface area contributed by atoms with Gasteiger partial charge >= 0.3 is 0 Å². The Labute approximate surface area is 122 Å². The molecule has 0 aliphatic carbocycles. The van der Waals surface area contributed by atoms with Crippen LogP contribution in [0.3, 0.4) is 0 Å². The largest absolute Gasteiger partial charge is 0.482 e. The summed E-state index contributed by atoms with van der Waals surface area (Å²) in [6.45, 7) is 2.74. The lowest BCUT2D eigenvalue weighted by atomic mass is 10.0. The Morgan fingerprint density at radius 2 is 2.33 bits per heavy atom. The molecule has 110 valence electrons. The summed E-state index contributed by atoms with van der Waals surface area (Å²) in [4.78, 5) is 28.1. The molecule has 1 aromatic rings. The maximum Gasteiger partial charge on any atom is 0.265 e. The molecule has 0 atom stereocenters. The normalized spacial score (nSPS) is 13.2. The van der Waals surface area contributed by atoms with Crippen LogP contribution in [-0.2, 0) is 4.79 Å². The average molecular weight is 288 g/mol. The lowest BCUT2D eigenvalue weighted by Gasteiger charge is -2.28. The predicted molar refractivity (Wildman–Crippen MR) is 77.5 cm³/mol. The van der Waals surface area contributed by atoms with E-state index in [1.54, 1.807) is 23.1 Å². The molecule has 2 rings (SSSR count). The summed E-state index contributed by atoms with van der Waals surface area (Å²) in [5.41, 5.74) is 9.35. The van der Waals surface area contributed by atoms with Gasteiger partial charge in [0.05, 0.1) is 5.69 Å². The van der Waals surface area contributed by atoms with Gasteiger partial charge in [0.25, 0.3) is 5.91 Å². The third-order valence-corrected chi connectivity index (χ3v) is 3.27. The van der Waals surface area contributed by atoms with Crippen molar-refractivity contribution in [3.8, 4) is 5.75 Å². The van der Waals surface area contributed by atoms with Gasteiger partial charge in [-0.1, -0.05) is 5.11 Å². The zero-order valence-electron chi connectivity index (χ0n) is 11.8. The molecule has 1 heterocycles. The number of carbonyl (C=O) groups excluding carboxylic acids is 2. The summed E-state index contributed by atoms with van der Waals surface area (Å²) in [6.07, 6.45) is 0.811. The molecule has 0 fully saturated rings. The van der Waals surface area contributed by atoms with Crippen molar-refractivity contribution >= 4 is 17.4 Å². The van der Waals surface area contributed by atoms with Gasteiger partial charge in [0.1, 0.15) is 5.75 Å². The second kappa shape index (κ2) is 6.76. The van der Waals surface area contributed by atoms with Crippen molar-refractivity contribution in [3.05, 3.63) is 34.2 Å². The van der Waals surface area contributed by atoms with E-state index >= 15 is 0 Å². The van der Waals surface area contributed by atoms with Crippen LogP contribution < -0.4 is 9.64 Å². The number of Topliss-reactive ketones (excluding diaryl/α,β-unsaturated/α-hetero) is 1. The Balaban J connectivity index is 2.15. The molecule has 0 N–H and O–H groups in total. The molecule has 7 nitrogen and oxygen atoms in total. The van der Waals surface area contributed by atoms with Crippen LogP contribution in [-0.4, -0.2) is 31.4 Å². The van der Waals surface area contributed by atoms with Crippen LogP contribution in [0.2, 0.25) is 0 Å². The third-order valence-electron chi connectivity index (χ3n) is 3.27. The van der Waals surface area contributed by atoms with E-state index in [0.29, 0.717) is 42.9 Å². The van der Waals surface area contributed by atoms with Crippen LogP contribution in [0.5, 0.6) is 5.75 Å². The van der Waals surface area contributed by atoms with E-state index in [1.165, 1.54) is 0 Å². The highest BCUT2D eigenvalue weighted by Gasteiger charge is 2.25. The second-order valence-electron chi connectivity index (χ2n) is 4.59. The van der Waals surface area contributed by atoms with Gasteiger partial charge in [-0.2, -0.15) is 0 Å². The Hall–Kier alpha value is -2.53. The summed E-state index contributed by atoms with van der Waals surface area (Å²) >= 11 is 0. The van der Waals surface area contributed by atoms with E-state index in [1.807, 2.05) is 6.92 Å². The van der Waals surface area contributed by atoms with Gasteiger partial charge in [0.15, 0.2) is 12.4 Å². The van der Waals surface area contributed by atoms with E-state index in [4.69, 9.17) is 10.3 Å². The predicted octanol–water partition coefficient (Wildman–Crippen LogP) is 2.71. The third kappa shape index (κ3) is 3.32. The lowest BCUT2D eigenvalue weighted by molar-refractivity contribution is -0.121. The van der Waals surface area contributed by atoms with Crippen molar-refractivity contribution in [1.82, 2.24) is 0 Å². The summed E-state index contributed by atoms with van der Waals surface area (Å²) in [5.74, 6) is 0.458. The van der Waals surface area contributed by atoms with Crippen LogP contribution in [0, 0.1) is 0 Å². The molecule has 1 aromatic carbocycles. The van der Waals surface area contributed by atoms with Crippen LogP contribution in [0.4, 0.5) is 5.69 Å². The molecule has 0 radical (unpaired) electrons. The Bertz CT molecular complexity index is 608. The number of carbonyl (C=O) groups is 2. The van der Waals surface area contributed by atoms with Gasteiger partial charge < -0.3 is 9.64 Å². The molecular weight excluding hydrogens is 272 g/mol. The highest BCUT2D eigenvalue weighted by molar-refractivity contribution is 6.01. The zero-order valence-corrected chi connectivity index (χ0v) is 11.8. The minimum Gasteiger partial charge on any atom is -0.482 e. The van der Waals surface area contributed by atoms with Crippen molar-refractivity contribution in [2.75, 3.05) is 24.6 Å². The molecule has 0 unspecified atom stereocenters. The molecule has 1 amide bonds. The first-order valence-corrected chi connectivity index (χ1v) is 6.78. The minimum absolute atomic E-state index is 0.0281. The lowest BCUT2D eigenvalue weighted by Crippen LogP contribution is -2.38. The maximum absolute atomic E-state index is 12.1. The monoisotopic (exact) mass is 288 g/mol. The van der Waals surface area contributed by atoms with Crippen LogP contribution in [0.25, 0.3) is 10.4 Å². The number of benzene rings is 1. The van der Waals surface area contributed by atoms with E-state index in [-0.39, 0.29) is 18.3 Å². The topological polar surface area (TPSA) is 95.4 Å². The van der Waals surface area contributed by atoms with Gasteiger partial charge in [-0.15, -0.1) is 0 Å². The zero-order chi connectivity index (χ0) is 15.2. The van der Waals surface area contributed by atoms with Gasteiger partial charge in [-0.25, -0.2) is 0 Å². The second-order valence-corrected chi connectivity index (χ2v) is 4.59. The summed E-state index contributed by atoms with van der Waals surface area (Å²) < 4.78 is 5.36. The fourth-order valence-electron chi connectivity index (χ4n) is 2.22. The number of fused-ring (bicyclic) bond motifs is 1. The first-order valence-electron chi connectivity index (χ1n) is 6.78. The fourth-order valence-corrected chi connectivity index (χ4v) is 2.22. The number of anilines is 1. The average Bonchev–Trinajstić information content (AvgIpc) is 2.50. The van der Waals surface area contributed by atoms with Crippen molar-refractivity contribution < 1.29 is 14.3 Å². The van der Waals surface area contributed by atoms with E-state index in [2.05, 4.69) is 10.0 Å². The molecular formula is C14H16N4O3. The number of ketones is 1. The summed E-state index contributed by atoms with van der Waals surface area (Å²) in [7, 11) is 0. The van der Waals surface area contributed by atoms with Crippen LogP contribution in [0.1, 0.15) is 30.1 Å². The number of rotatable bonds is 6. The number of ether oxygens (including phenoxy) is 1. The molecule has 0 saturated carbocycles. The van der Waals surface area contributed by atoms with Gasteiger partial charge in [0, 0.05) is 30.0 Å². The quantitative estimate of drug-likeness (QED) is 0.265. The smallest absolute Gasteiger partial charge is 0.265 e. The molecule has 7 heteroatoms. The SMILES string of the molecule is CCN1C(=O)COc2ccc(C(=O)CCCN=[N+]=[N-])cc21. The summed E-state index contributed by atoms with van der Waals surface area (Å²) in [5, 5.41) is 3.40. The van der Waals surface area contributed by atoms with E-state index < -0.39 is 0 Å². The fraction of sp³-hybridized carbons (Fsp3) is 0.429. The van der Waals surface area contributed by atoms with Crippen LogP contribution >= 0.6 is 0 Å². The van der Waals surface area contributed by atoms with Gasteiger partial charge in [-0.05, 0) is 37.1 Å². The molecule has 1 aliphatic heterocycles. The molecule has 0 aromatic heterocycles. The first-order chi connectivity index (χ1) is 10.2. The van der Waals surface area contributed by atoms with Crippen LogP contribution in [0.15, 0.2) is 23.3 Å². The minimum atomic E-state index is -0.113. The van der Waals surface area contributed by atoms with Crippen molar-refractivity contribution in [1.29, 1.82) is 0 Å². The molecule has 0 bridgehead atoms. The maximum atomic E-state index is 12.1. The number of amides is 1.